The van der Waals surface area contributed by atoms with E-state index in [9.17, 15) is 14.4 Å². The first-order chi connectivity index (χ1) is 33.3. The Morgan fingerprint density at radius 3 is 1.22 bits per heavy atom. The maximum atomic E-state index is 13.1. The van der Waals surface area contributed by atoms with Gasteiger partial charge in [0.2, 0.25) is 11.6 Å². The number of thiophene rings is 5. The molecule has 0 spiro atoms. The van der Waals surface area contributed by atoms with Gasteiger partial charge in [0.15, 0.2) is 6.29 Å². The molecule has 10 aromatic rings. The van der Waals surface area contributed by atoms with Gasteiger partial charge in [-0.1, -0.05) is 109 Å². The van der Waals surface area contributed by atoms with Crippen molar-refractivity contribution in [3.05, 3.63) is 242 Å². The fourth-order valence-electron chi connectivity index (χ4n) is 7.83. The van der Waals surface area contributed by atoms with Crippen LogP contribution in [0.25, 0.3) is 51.5 Å². The van der Waals surface area contributed by atoms with Crippen LogP contribution in [-0.4, -0.2) is 17.9 Å². The van der Waals surface area contributed by atoms with E-state index in [1.807, 2.05) is 97.1 Å². The van der Waals surface area contributed by atoms with E-state index in [1.165, 1.54) is 34.0 Å². The lowest BCUT2D eigenvalue weighted by Crippen LogP contribution is -2.09. The van der Waals surface area contributed by atoms with Crippen molar-refractivity contribution in [2.75, 3.05) is 4.90 Å². The first-order valence-electron chi connectivity index (χ1n) is 21.9. The van der Waals surface area contributed by atoms with Gasteiger partial charge in [-0.2, -0.15) is 0 Å². The quantitative estimate of drug-likeness (QED) is 0.0583. The van der Waals surface area contributed by atoms with Crippen molar-refractivity contribution in [1.82, 2.24) is 0 Å². The summed E-state index contributed by atoms with van der Waals surface area (Å²) in [5.74, 6) is 0.0933. The van der Waals surface area contributed by atoms with E-state index >= 15 is 0 Å². The Morgan fingerprint density at radius 2 is 0.765 bits per heavy atom. The maximum Gasteiger partial charge on any atom is 0.202 e. The summed E-state index contributed by atoms with van der Waals surface area (Å²) < 4.78 is 0. The largest absolute Gasteiger partial charge is 0.311 e. The smallest absolute Gasteiger partial charge is 0.202 e. The molecule has 0 atom stereocenters. The molecule has 0 saturated heterocycles. The number of anilines is 3. The zero-order valence-electron chi connectivity index (χ0n) is 36.9. The van der Waals surface area contributed by atoms with Crippen molar-refractivity contribution in [1.29, 1.82) is 0 Å². The molecule has 0 unspecified atom stereocenters. The normalized spacial score (nSPS) is 11.7. The Kier molecular flexibility index (Phi) is 13.2. The first kappa shape index (κ1) is 44.7. The number of allylic oxidation sites excluding steroid dienone is 4. The molecule has 0 aliphatic heterocycles. The Morgan fingerprint density at radius 1 is 0.368 bits per heavy atom. The van der Waals surface area contributed by atoms with E-state index in [0.29, 0.717) is 11.1 Å². The highest BCUT2D eigenvalue weighted by Gasteiger charge is 2.18. The lowest BCUT2D eigenvalue weighted by atomic mass is 10.0. The van der Waals surface area contributed by atoms with Crippen LogP contribution in [0.1, 0.15) is 64.4 Å². The predicted octanol–water partition coefficient (Wildman–Crippen LogP) is 17.9. The van der Waals surface area contributed by atoms with Gasteiger partial charge in [-0.25, -0.2) is 0 Å². The maximum absolute atomic E-state index is 13.1. The second-order valence-electron chi connectivity index (χ2n) is 16.0. The van der Waals surface area contributed by atoms with E-state index in [2.05, 4.69) is 128 Å². The molecular formula is C59H41NO3S5. The zero-order chi connectivity index (χ0) is 46.6. The van der Waals surface area contributed by atoms with Crippen LogP contribution < -0.4 is 4.90 Å². The number of aldehydes is 1. The standard InChI is InChI=1S/C59H41NO3S5/c1-38(13-14-39(2)49-28-27-48(37-61)64-49)40-15-21-45(22-16-40)60(46-23-17-41(18-24-46)50-29-31-52(65-50)54-33-35-56(67-54)58(62)43-9-5-3-6-10-43)47-25-19-42(20-26-47)51-30-32-53(66-51)55-34-36-57(68-55)59(63)44-11-7-4-8-12-44/h3-37H,1-2H3/b38-13+,39-14+. The van der Waals surface area contributed by atoms with Crippen LogP contribution in [-0.2, 0) is 0 Å². The molecule has 330 valence electrons. The van der Waals surface area contributed by atoms with Gasteiger partial charge >= 0.3 is 0 Å². The summed E-state index contributed by atoms with van der Waals surface area (Å²) in [7, 11) is 0. The highest BCUT2D eigenvalue weighted by molar-refractivity contribution is 7.25. The van der Waals surface area contributed by atoms with Crippen molar-refractivity contribution >= 4 is 103 Å². The van der Waals surface area contributed by atoms with Crippen LogP contribution in [0.15, 0.2) is 206 Å². The number of carbonyl (C=O) groups excluding carboxylic acids is 3. The van der Waals surface area contributed by atoms with Crippen LogP contribution in [0.4, 0.5) is 17.1 Å². The lowest BCUT2D eigenvalue weighted by molar-refractivity contribution is 0.103. The summed E-state index contributed by atoms with van der Waals surface area (Å²) in [6.07, 6.45) is 5.14. The topological polar surface area (TPSA) is 54.5 Å². The first-order valence-corrected chi connectivity index (χ1v) is 26.0. The van der Waals surface area contributed by atoms with Crippen LogP contribution in [0.3, 0.4) is 0 Å². The number of nitrogens with zero attached hydrogens (tertiary/aromatic N) is 1. The fraction of sp³-hybridized carbons (Fsp3) is 0.0339. The average Bonchev–Trinajstić information content (AvgIpc) is 4.27. The summed E-state index contributed by atoms with van der Waals surface area (Å²) in [5.41, 5.74) is 10.1. The van der Waals surface area contributed by atoms with E-state index in [-0.39, 0.29) is 11.6 Å². The predicted molar refractivity (Wildman–Crippen MR) is 291 cm³/mol. The van der Waals surface area contributed by atoms with Gasteiger partial charge < -0.3 is 4.90 Å². The van der Waals surface area contributed by atoms with Crippen molar-refractivity contribution in [3.63, 3.8) is 0 Å². The minimum atomic E-state index is 0.0467. The molecule has 5 aromatic carbocycles. The summed E-state index contributed by atoms with van der Waals surface area (Å²) in [6, 6.07) is 65.5. The molecule has 4 nitrogen and oxygen atoms in total. The number of benzene rings is 5. The van der Waals surface area contributed by atoms with Gasteiger partial charge in [-0.15, -0.1) is 56.7 Å². The van der Waals surface area contributed by atoms with Crippen LogP contribution in [0.5, 0.6) is 0 Å². The molecule has 0 N–H and O–H groups in total. The van der Waals surface area contributed by atoms with Gasteiger partial charge in [-0.05, 0) is 139 Å². The molecule has 0 saturated carbocycles. The molecule has 5 aromatic heterocycles. The Balaban J connectivity index is 0.915. The van der Waals surface area contributed by atoms with Crippen molar-refractivity contribution in [2.24, 2.45) is 0 Å². The van der Waals surface area contributed by atoms with Crippen molar-refractivity contribution in [3.8, 4) is 40.4 Å². The molecule has 0 aliphatic carbocycles. The minimum Gasteiger partial charge on any atom is -0.311 e. The van der Waals surface area contributed by atoms with Gasteiger partial charge in [0.05, 0.1) is 14.6 Å². The average molecular weight is 972 g/mol. The fourth-order valence-corrected chi connectivity index (χ4v) is 12.8. The molecule has 0 amide bonds. The molecule has 10 rings (SSSR count). The molecule has 0 bridgehead atoms. The molecule has 68 heavy (non-hydrogen) atoms. The summed E-state index contributed by atoms with van der Waals surface area (Å²) in [5, 5.41) is 0. The Bertz CT molecular complexity index is 3280. The van der Waals surface area contributed by atoms with Gasteiger partial charge in [-0.3, -0.25) is 14.4 Å². The summed E-state index contributed by atoms with van der Waals surface area (Å²) in [4.78, 5) is 49.8. The second kappa shape index (κ2) is 20.0. The zero-order valence-corrected chi connectivity index (χ0v) is 41.0. The third kappa shape index (κ3) is 9.67. The van der Waals surface area contributed by atoms with Gasteiger partial charge in [0.1, 0.15) is 0 Å². The third-order valence-corrected chi connectivity index (χ3v) is 17.5. The van der Waals surface area contributed by atoms with Gasteiger partial charge in [0, 0.05) is 62.3 Å². The Hall–Kier alpha value is -7.11. The van der Waals surface area contributed by atoms with Crippen molar-refractivity contribution in [2.45, 2.75) is 13.8 Å². The molecule has 0 radical (unpaired) electrons. The third-order valence-electron chi connectivity index (χ3n) is 11.5. The number of rotatable bonds is 15. The highest BCUT2D eigenvalue weighted by Crippen LogP contribution is 2.43. The number of hydrogen-bond donors (Lipinski definition) is 0. The molecule has 0 fully saturated rings. The summed E-state index contributed by atoms with van der Waals surface area (Å²) in [6.45, 7) is 4.19. The van der Waals surface area contributed by atoms with E-state index < -0.39 is 0 Å². The van der Waals surface area contributed by atoms with Crippen LogP contribution >= 0.6 is 56.7 Å². The second-order valence-corrected chi connectivity index (χ2v) is 21.5. The molecule has 9 heteroatoms. The number of ketones is 2. The van der Waals surface area contributed by atoms with E-state index in [4.69, 9.17) is 0 Å². The monoisotopic (exact) mass is 971 g/mol. The number of hydrogen-bond acceptors (Lipinski definition) is 9. The lowest BCUT2D eigenvalue weighted by Gasteiger charge is -2.26. The van der Waals surface area contributed by atoms with E-state index in [1.54, 1.807) is 22.7 Å². The molecular weight excluding hydrogens is 931 g/mol. The number of carbonyl (C=O) groups is 3. The molecule has 0 aliphatic rings. The Labute approximate surface area is 415 Å². The molecule has 5 heterocycles. The van der Waals surface area contributed by atoms with E-state index in [0.717, 1.165) is 100.0 Å². The van der Waals surface area contributed by atoms with Crippen LogP contribution in [0.2, 0.25) is 0 Å². The van der Waals surface area contributed by atoms with Crippen molar-refractivity contribution < 1.29 is 14.4 Å². The SMILES string of the molecule is C/C(=C\C=C(/C)c1ccc(C=O)s1)c1ccc(N(c2ccc(-c3ccc(-c4ccc(C(=O)c5ccccc5)s4)s3)cc2)c2ccc(-c3ccc(-c4ccc(C(=O)c5ccccc5)s4)s3)cc2)cc1. The highest BCUT2D eigenvalue weighted by atomic mass is 32.1. The van der Waals surface area contributed by atoms with Gasteiger partial charge in [0.25, 0.3) is 0 Å². The van der Waals surface area contributed by atoms with Crippen LogP contribution in [0, 0.1) is 0 Å². The minimum absolute atomic E-state index is 0.0467. The summed E-state index contributed by atoms with van der Waals surface area (Å²) >= 11 is 8.03.